The van der Waals surface area contributed by atoms with Gasteiger partial charge in [0.2, 0.25) is 0 Å². The van der Waals surface area contributed by atoms with Crippen molar-refractivity contribution in [3.8, 4) is 28.2 Å². The van der Waals surface area contributed by atoms with E-state index in [1.807, 2.05) is 54.1 Å². The van der Waals surface area contributed by atoms with Crippen LogP contribution >= 0.6 is 0 Å². The van der Waals surface area contributed by atoms with E-state index in [1.165, 1.54) is 0 Å². The van der Waals surface area contributed by atoms with Crippen molar-refractivity contribution in [1.82, 2.24) is 29.5 Å². The van der Waals surface area contributed by atoms with Crippen LogP contribution in [-0.2, 0) is 6.54 Å². The van der Waals surface area contributed by atoms with Gasteiger partial charge in [0, 0.05) is 30.5 Å². The Labute approximate surface area is 206 Å². The molecule has 8 heteroatoms. The van der Waals surface area contributed by atoms with E-state index in [-0.39, 0.29) is 5.56 Å². The van der Waals surface area contributed by atoms with Crippen LogP contribution in [0.2, 0.25) is 0 Å². The van der Waals surface area contributed by atoms with Gasteiger partial charge in [0.25, 0.3) is 5.56 Å². The van der Waals surface area contributed by atoms with Crippen molar-refractivity contribution in [1.29, 1.82) is 0 Å². The summed E-state index contributed by atoms with van der Waals surface area (Å²) in [6, 6.07) is 20.1. The highest BCUT2D eigenvalue weighted by Crippen LogP contribution is 2.28. The molecule has 3 N–H and O–H groups in total. The smallest absolute Gasteiger partial charge is 0.261 e. The molecule has 0 aliphatic rings. The van der Waals surface area contributed by atoms with E-state index in [1.54, 1.807) is 24.9 Å². The molecule has 0 aliphatic heterocycles. The summed E-state index contributed by atoms with van der Waals surface area (Å²) in [7, 11) is 0. The molecule has 0 saturated heterocycles. The normalized spacial score (nSPS) is 11.1. The van der Waals surface area contributed by atoms with Gasteiger partial charge in [0.1, 0.15) is 11.4 Å². The first-order chi connectivity index (χ1) is 17.7. The van der Waals surface area contributed by atoms with Crippen LogP contribution < -0.4 is 10.9 Å². The van der Waals surface area contributed by atoms with E-state index in [4.69, 9.17) is 4.98 Å². The maximum Gasteiger partial charge on any atom is 0.261 e. The summed E-state index contributed by atoms with van der Waals surface area (Å²) in [5, 5.41) is 3.39. The van der Waals surface area contributed by atoms with Crippen LogP contribution in [0.25, 0.3) is 39.2 Å². The predicted molar refractivity (Wildman–Crippen MR) is 141 cm³/mol. The van der Waals surface area contributed by atoms with Crippen molar-refractivity contribution in [2.24, 2.45) is 0 Å². The lowest BCUT2D eigenvalue weighted by atomic mass is 10.1. The topological polar surface area (TPSA) is 104 Å². The number of hydrogen-bond acceptors (Lipinski definition) is 5. The van der Waals surface area contributed by atoms with Gasteiger partial charge < -0.3 is 19.9 Å². The molecule has 0 atom stereocenters. The largest absolute Gasteiger partial charge is 0.379 e. The number of aromatic amines is 2. The van der Waals surface area contributed by atoms with Crippen LogP contribution in [0.15, 0.2) is 96.6 Å². The number of hydrogen-bond donors (Lipinski definition) is 3. The Morgan fingerprint density at radius 3 is 2.72 bits per heavy atom. The van der Waals surface area contributed by atoms with Gasteiger partial charge >= 0.3 is 0 Å². The number of fused-ring (bicyclic) bond motifs is 1. The number of nitrogens with zero attached hydrogens (tertiary/aromatic N) is 4. The molecule has 8 nitrogen and oxygen atoms in total. The van der Waals surface area contributed by atoms with Crippen LogP contribution in [0.5, 0.6) is 0 Å². The highest BCUT2D eigenvalue weighted by atomic mass is 16.1. The third-order valence-corrected chi connectivity index (χ3v) is 6.15. The van der Waals surface area contributed by atoms with E-state index in [2.05, 4.69) is 49.5 Å². The monoisotopic (exact) mass is 473 g/mol. The number of benzene rings is 2. The summed E-state index contributed by atoms with van der Waals surface area (Å²) in [5.41, 5.74) is 7.64. The van der Waals surface area contributed by atoms with E-state index in [9.17, 15) is 4.79 Å². The molecule has 2 aromatic carbocycles. The molecule has 36 heavy (non-hydrogen) atoms. The number of H-pyrrole nitrogens is 2. The minimum absolute atomic E-state index is 0.225. The zero-order valence-corrected chi connectivity index (χ0v) is 19.6. The number of rotatable bonds is 6. The highest BCUT2D eigenvalue weighted by Gasteiger charge is 2.16. The molecule has 4 heterocycles. The standard InChI is InChI=1S/C28H23N7O/c1-18-13-22(35-12-11-29-17-35)15-24-26(18)34-27(33-24)25-23(8-10-31-28(25)36)32-16-21-14-20(7-9-30-21)19-5-3-2-4-6-19/h2-15,17H,16H2,1H3,(H,33,34)(H2,31,32,36). The molecule has 0 saturated carbocycles. The minimum atomic E-state index is -0.225. The average Bonchev–Trinajstić information content (AvgIpc) is 3.59. The number of aryl methyl sites for hydroxylation is 1. The quantitative estimate of drug-likeness (QED) is 0.313. The zero-order valence-electron chi connectivity index (χ0n) is 19.6. The molecular weight excluding hydrogens is 450 g/mol. The maximum atomic E-state index is 12.9. The second-order valence-corrected chi connectivity index (χ2v) is 8.57. The first-order valence-electron chi connectivity index (χ1n) is 11.6. The second-order valence-electron chi connectivity index (χ2n) is 8.57. The SMILES string of the molecule is Cc1cc(-n2ccnc2)cc2[nH]c(-c3c(NCc4cc(-c5ccccc5)ccn4)cc[nH]c3=O)nc12. The van der Waals surface area contributed by atoms with Gasteiger partial charge in [-0.15, -0.1) is 0 Å². The van der Waals surface area contributed by atoms with Crippen LogP contribution in [0.4, 0.5) is 5.69 Å². The van der Waals surface area contributed by atoms with E-state index in [0.29, 0.717) is 23.6 Å². The van der Waals surface area contributed by atoms with Crippen molar-refractivity contribution >= 4 is 16.7 Å². The Bertz CT molecular complexity index is 1720. The van der Waals surface area contributed by atoms with Crippen LogP contribution in [0.1, 0.15) is 11.3 Å². The molecule has 0 radical (unpaired) electrons. The molecule has 0 bridgehead atoms. The summed E-state index contributed by atoms with van der Waals surface area (Å²) >= 11 is 0. The second kappa shape index (κ2) is 8.99. The lowest BCUT2D eigenvalue weighted by molar-refractivity contribution is 1.04. The molecule has 0 spiro atoms. The van der Waals surface area contributed by atoms with E-state index in [0.717, 1.165) is 39.1 Å². The van der Waals surface area contributed by atoms with Crippen LogP contribution in [0, 0.1) is 6.92 Å². The average molecular weight is 474 g/mol. The Morgan fingerprint density at radius 2 is 1.89 bits per heavy atom. The number of aromatic nitrogens is 6. The summed E-state index contributed by atoms with van der Waals surface area (Å²) in [4.78, 5) is 32.5. The van der Waals surface area contributed by atoms with E-state index < -0.39 is 0 Å². The fraction of sp³-hybridized carbons (Fsp3) is 0.0714. The Hall–Kier alpha value is -4.98. The predicted octanol–water partition coefficient (Wildman–Crippen LogP) is 5.09. The molecule has 176 valence electrons. The molecule has 0 aliphatic carbocycles. The molecule has 0 amide bonds. The lowest BCUT2D eigenvalue weighted by Crippen LogP contribution is -2.13. The number of nitrogens with one attached hydrogen (secondary N) is 3. The molecule has 4 aromatic heterocycles. The van der Waals surface area contributed by atoms with Gasteiger partial charge in [0.05, 0.1) is 35.3 Å². The number of imidazole rings is 2. The highest BCUT2D eigenvalue weighted by molar-refractivity contribution is 5.86. The number of pyridine rings is 2. The fourth-order valence-corrected chi connectivity index (χ4v) is 4.38. The molecule has 6 rings (SSSR count). The fourth-order valence-electron chi connectivity index (χ4n) is 4.38. The zero-order chi connectivity index (χ0) is 24.5. The summed E-state index contributed by atoms with van der Waals surface area (Å²) in [6.07, 6.45) is 8.82. The van der Waals surface area contributed by atoms with Gasteiger partial charge in [-0.25, -0.2) is 9.97 Å². The Kier molecular flexibility index (Phi) is 5.38. The van der Waals surface area contributed by atoms with Gasteiger partial charge in [0.15, 0.2) is 0 Å². The molecule has 0 fully saturated rings. The summed E-state index contributed by atoms with van der Waals surface area (Å²) in [6.45, 7) is 2.47. The van der Waals surface area contributed by atoms with Crippen molar-refractivity contribution in [2.45, 2.75) is 13.5 Å². The van der Waals surface area contributed by atoms with Crippen molar-refractivity contribution in [2.75, 3.05) is 5.32 Å². The minimum Gasteiger partial charge on any atom is -0.379 e. The van der Waals surface area contributed by atoms with Gasteiger partial charge in [-0.3, -0.25) is 9.78 Å². The lowest BCUT2D eigenvalue weighted by Gasteiger charge is -2.10. The summed E-state index contributed by atoms with van der Waals surface area (Å²) < 4.78 is 1.94. The molecular formula is C28H23N7O. The van der Waals surface area contributed by atoms with Gasteiger partial charge in [-0.2, -0.15) is 0 Å². The first kappa shape index (κ1) is 21.5. The third-order valence-electron chi connectivity index (χ3n) is 6.15. The van der Waals surface area contributed by atoms with Crippen LogP contribution in [0.3, 0.4) is 0 Å². The van der Waals surface area contributed by atoms with Crippen molar-refractivity contribution in [3.05, 3.63) is 113 Å². The Morgan fingerprint density at radius 1 is 1.00 bits per heavy atom. The van der Waals surface area contributed by atoms with Crippen molar-refractivity contribution < 1.29 is 0 Å². The Balaban J connectivity index is 1.33. The van der Waals surface area contributed by atoms with Crippen molar-refractivity contribution in [3.63, 3.8) is 0 Å². The van der Waals surface area contributed by atoms with Gasteiger partial charge in [-0.1, -0.05) is 30.3 Å². The summed E-state index contributed by atoms with van der Waals surface area (Å²) in [5.74, 6) is 0.506. The van der Waals surface area contributed by atoms with E-state index >= 15 is 0 Å². The molecule has 6 aromatic rings. The van der Waals surface area contributed by atoms with Crippen LogP contribution in [-0.4, -0.2) is 29.5 Å². The molecule has 0 unspecified atom stereocenters. The number of anilines is 1. The maximum absolute atomic E-state index is 12.9. The van der Waals surface area contributed by atoms with Gasteiger partial charge in [-0.05, 0) is 53.9 Å². The third kappa shape index (κ3) is 4.05. The first-order valence-corrected chi connectivity index (χ1v) is 11.6.